The average molecular weight is 359 g/mol. The molecule has 1 fully saturated rings. The van der Waals surface area contributed by atoms with Crippen LogP contribution in [-0.4, -0.2) is 30.6 Å². The molecule has 1 saturated heterocycles. The monoisotopic (exact) mass is 359 g/mol. The Balaban J connectivity index is 1.55. The number of pyridine rings is 1. The zero-order valence-electron chi connectivity index (χ0n) is 14.4. The third-order valence-electron chi connectivity index (χ3n) is 4.61. The number of nitrogens with zero attached hydrogens (tertiary/aromatic N) is 1. The fourth-order valence-electron chi connectivity index (χ4n) is 2.86. The highest BCUT2D eigenvalue weighted by Gasteiger charge is 2.38. The Labute approximate surface area is 151 Å². The van der Waals surface area contributed by atoms with Gasteiger partial charge in [0.15, 0.2) is 0 Å². The van der Waals surface area contributed by atoms with Gasteiger partial charge in [-0.25, -0.2) is 9.37 Å². The largest absolute Gasteiger partial charge is 0.439 e. The summed E-state index contributed by atoms with van der Waals surface area (Å²) in [5.41, 5.74) is 6.15. The summed E-state index contributed by atoms with van der Waals surface area (Å²) in [5.74, 6) is 0.532. The van der Waals surface area contributed by atoms with E-state index in [1.165, 1.54) is 24.3 Å². The summed E-state index contributed by atoms with van der Waals surface area (Å²) < 4.78 is 23.8. The van der Waals surface area contributed by atoms with Crippen molar-refractivity contribution in [1.29, 1.82) is 0 Å². The molecule has 1 aliphatic heterocycles. The number of carbonyl (C=O) groups excluding carboxylic acids is 1. The summed E-state index contributed by atoms with van der Waals surface area (Å²) in [5, 5.41) is 2.94. The zero-order valence-corrected chi connectivity index (χ0v) is 14.4. The second-order valence-corrected chi connectivity index (χ2v) is 6.34. The highest BCUT2D eigenvalue weighted by atomic mass is 19.1. The Bertz CT molecular complexity index is 729. The summed E-state index contributed by atoms with van der Waals surface area (Å²) in [6.07, 6.45) is 2.91. The minimum Gasteiger partial charge on any atom is -0.439 e. The number of amides is 1. The highest BCUT2D eigenvalue weighted by Crippen LogP contribution is 2.29. The van der Waals surface area contributed by atoms with Gasteiger partial charge in [-0.2, -0.15) is 0 Å². The number of rotatable bonds is 6. The summed E-state index contributed by atoms with van der Waals surface area (Å²) in [6, 6.07) is 9.24. The molecule has 0 unspecified atom stereocenters. The molecule has 2 heterocycles. The van der Waals surface area contributed by atoms with Gasteiger partial charge in [-0.05, 0) is 42.7 Å². The lowest BCUT2D eigenvalue weighted by atomic mass is 9.79. The van der Waals surface area contributed by atoms with Crippen molar-refractivity contribution in [3.05, 3.63) is 54.0 Å². The molecule has 138 valence electrons. The molecule has 1 aromatic heterocycles. The van der Waals surface area contributed by atoms with Crippen LogP contribution in [0.5, 0.6) is 11.6 Å². The van der Waals surface area contributed by atoms with Gasteiger partial charge >= 0.3 is 0 Å². The smallest absolute Gasteiger partial charge is 0.227 e. The van der Waals surface area contributed by atoms with Gasteiger partial charge in [-0.3, -0.25) is 4.79 Å². The third kappa shape index (κ3) is 4.36. The van der Waals surface area contributed by atoms with Crippen LogP contribution in [0, 0.1) is 11.2 Å². The maximum Gasteiger partial charge on any atom is 0.227 e. The van der Waals surface area contributed by atoms with Crippen LogP contribution < -0.4 is 15.8 Å². The molecule has 0 radical (unpaired) electrons. The first-order valence-corrected chi connectivity index (χ1v) is 8.56. The quantitative estimate of drug-likeness (QED) is 0.827. The Morgan fingerprint density at radius 3 is 2.58 bits per heavy atom. The minimum atomic E-state index is -0.544. The van der Waals surface area contributed by atoms with Gasteiger partial charge in [0, 0.05) is 38.6 Å². The second-order valence-electron chi connectivity index (χ2n) is 6.34. The van der Waals surface area contributed by atoms with Crippen LogP contribution in [0.25, 0.3) is 0 Å². The van der Waals surface area contributed by atoms with Gasteiger partial charge in [0.05, 0.1) is 5.41 Å². The summed E-state index contributed by atoms with van der Waals surface area (Å²) >= 11 is 0. The predicted molar refractivity (Wildman–Crippen MR) is 94.1 cm³/mol. The molecular weight excluding hydrogens is 337 g/mol. The van der Waals surface area contributed by atoms with Crippen molar-refractivity contribution < 1.29 is 18.7 Å². The first kappa shape index (κ1) is 18.3. The van der Waals surface area contributed by atoms with Gasteiger partial charge < -0.3 is 20.5 Å². The molecule has 1 aromatic carbocycles. The maximum absolute atomic E-state index is 12.9. The van der Waals surface area contributed by atoms with E-state index in [9.17, 15) is 9.18 Å². The normalized spacial score (nSPS) is 16.1. The number of ether oxygens (including phenoxy) is 2. The van der Waals surface area contributed by atoms with Crippen LogP contribution >= 0.6 is 0 Å². The van der Waals surface area contributed by atoms with E-state index in [1.54, 1.807) is 12.3 Å². The SMILES string of the molecule is NCC1(C(=O)NCc2ccc(Oc3ccc(F)cc3)nc2)CCOCC1. The van der Waals surface area contributed by atoms with Crippen LogP contribution in [0.4, 0.5) is 4.39 Å². The topological polar surface area (TPSA) is 86.5 Å². The van der Waals surface area contributed by atoms with E-state index in [2.05, 4.69) is 10.3 Å². The number of carbonyl (C=O) groups is 1. The van der Waals surface area contributed by atoms with Gasteiger partial charge in [-0.15, -0.1) is 0 Å². The Kier molecular flexibility index (Phi) is 5.80. The zero-order chi connectivity index (χ0) is 18.4. The fourth-order valence-corrected chi connectivity index (χ4v) is 2.86. The van der Waals surface area contributed by atoms with E-state index in [1.807, 2.05) is 6.07 Å². The molecule has 1 amide bonds. The molecule has 7 heteroatoms. The molecule has 6 nitrogen and oxygen atoms in total. The summed E-state index contributed by atoms with van der Waals surface area (Å²) in [6.45, 7) is 1.79. The van der Waals surface area contributed by atoms with Crippen LogP contribution in [0.15, 0.2) is 42.6 Å². The molecule has 26 heavy (non-hydrogen) atoms. The van der Waals surface area contributed by atoms with E-state index in [-0.39, 0.29) is 11.7 Å². The fraction of sp³-hybridized carbons (Fsp3) is 0.368. The number of hydrogen-bond donors (Lipinski definition) is 2. The number of nitrogens with two attached hydrogens (primary N) is 1. The number of halogens is 1. The summed E-state index contributed by atoms with van der Waals surface area (Å²) in [4.78, 5) is 16.8. The van der Waals surface area contributed by atoms with E-state index in [0.717, 1.165) is 5.56 Å². The van der Waals surface area contributed by atoms with Crippen molar-refractivity contribution in [2.45, 2.75) is 19.4 Å². The van der Waals surface area contributed by atoms with Crippen molar-refractivity contribution in [2.75, 3.05) is 19.8 Å². The van der Waals surface area contributed by atoms with Crippen molar-refractivity contribution in [1.82, 2.24) is 10.3 Å². The van der Waals surface area contributed by atoms with Gasteiger partial charge in [0.2, 0.25) is 11.8 Å². The molecule has 0 saturated carbocycles. The first-order valence-electron chi connectivity index (χ1n) is 8.56. The number of hydrogen-bond acceptors (Lipinski definition) is 5. The minimum absolute atomic E-state index is 0.0464. The molecule has 0 aliphatic carbocycles. The van der Waals surface area contributed by atoms with Crippen LogP contribution in [0.3, 0.4) is 0 Å². The van der Waals surface area contributed by atoms with E-state index < -0.39 is 5.41 Å². The standard InChI is InChI=1S/C19H22FN3O3/c20-15-2-4-16(5-3-15)26-17-6-1-14(11-22-17)12-23-18(24)19(13-21)7-9-25-10-8-19/h1-6,11H,7-10,12-13,21H2,(H,23,24). The van der Waals surface area contributed by atoms with Crippen LogP contribution in [0.2, 0.25) is 0 Å². The number of aromatic nitrogens is 1. The van der Waals surface area contributed by atoms with Gasteiger partial charge in [0.25, 0.3) is 0 Å². The summed E-state index contributed by atoms with van der Waals surface area (Å²) in [7, 11) is 0. The van der Waals surface area contributed by atoms with Crippen molar-refractivity contribution >= 4 is 5.91 Å². The molecule has 3 rings (SSSR count). The second kappa shape index (κ2) is 8.25. The molecule has 2 aromatic rings. The number of nitrogens with one attached hydrogen (secondary N) is 1. The molecule has 0 atom stereocenters. The lowest BCUT2D eigenvalue weighted by Crippen LogP contribution is -2.48. The van der Waals surface area contributed by atoms with Crippen molar-refractivity contribution in [2.24, 2.45) is 11.1 Å². The van der Waals surface area contributed by atoms with Crippen molar-refractivity contribution in [3.8, 4) is 11.6 Å². The van der Waals surface area contributed by atoms with Gasteiger partial charge in [0.1, 0.15) is 11.6 Å². The highest BCUT2D eigenvalue weighted by molar-refractivity contribution is 5.83. The van der Waals surface area contributed by atoms with Gasteiger partial charge in [-0.1, -0.05) is 6.07 Å². The van der Waals surface area contributed by atoms with Crippen molar-refractivity contribution in [3.63, 3.8) is 0 Å². The Morgan fingerprint density at radius 2 is 1.96 bits per heavy atom. The lowest BCUT2D eigenvalue weighted by Gasteiger charge is -2.34. The number of benzene rings is 1. The predicted octanol–water partition coefficient (Wildman–Crippen LogP) is 2.38. The molecule has 1 aliphatic rings. The van der Waals surface area contributed by atoms with E-state index in [0.29, 0.717) is 50.8 Å². The molecule has 0 bridgehead atoms. The van der Waals surface area contributed by atoms with Crippen LogP contribution in [-0.2, 0) is 16.1 Å². The van der Waals surface area contributed by atoms with Crippen LogP contribution in [0.1, 0.15) is 18.4 Å². The third-order valence-corrected chi connectivity index (χ3v) is 4.61. The Hall–Kier alpha value is -2.51. The van der Waals surface area contributed by atoms with E-state index in [4.69, 9.17) is 15.2 Å². The molecule has 0 spiro atoms. The average Bonchev–Trinajstić information content (AvgIpc) is 2.69. The lowest BCUT2D eigenvalue weighted by molar-refractivity contribution is -0.136. The molecular formula is C19H22FN3O3. The van der Waals surface area contributed by atoms with E-state index >= 15 is 0 Å². The maximum atomic E-state index is 12.9. The first-order chi connectivity index (χ1) is 12.6. The Morgan fingerprint density at radius 1 is 1.23 bits per heavy atom. The molecule has 3 N–H and O–H groups in total.